The summed E-state index contributed by atoms with van der Waals surface area (Å²) in [7, 11) is 0. The van der Waals surface area contributed by atoms with Crippen molar-refractivity contribution in [3.63, 3.8) is 0 Å². The van der Waals surface area contributed by atoms with Crippen molar-refractivity contribution in [2.24, 2.45) is 0 Å². The van der Waals surface area contributed by atoms with Gasteiger partial charge in [0, 0.05) is 11.6 Å². The van der Waals surface area contributed by atoms with Crippen molar-refractivity contribution in [2.45, 2.75) is 19.5 Å². The van der Waals surface area contributed by atoms with E-state index in [1.54, 1.807) is 0 Å². The van der Waals surface area contributed by atoms with Crippen LogP contribution in [0.3, 0.4) is 0 Å². The van der Waals surface area contributed by atoms with Crippen molar-refractivity contribution in [3.05, 3.63) is 39.7 Å². The molecular formula is C11H11F2NO4. The number of hydrogen-bond acceptors (Lipinski definition) is 4. The number of nitro groups is 1. The molecule has 0 heterocycles. The molecule has 7 heteroatoms. The van der Waals surface area contributed by atoms with E-state index in [9.17, 15) is 23.7 Å². The first-order chi connectivity index (χ1) is 8.30. The van der Waals surface area contributed by atoms with Crippen molar-refractivity contribution >= 4 is 11.7 Å². The Hall–Kier alpha value is -2.05. The third-order valence-corrected chi connectivity index (χ3v) is 2.35. The molecule has 98 valence electrons. The minimum atomic E-state index is -2.55. The number of rotatable bonds is 4. The average Bonchev–Trinajstić information content (AvgIpc) is 2.28. The zero-order valence-corrected chi connectivity index (χ0v) is 9.78. The highest BCUT2D eigenvalue weighted by Crippen LogP contribution is 2.30. The molecule has 18 heavy (non-hydrogen) atoms. The fourth-order valence-electron chi connectivity index (χ4n) is 1.33. The Labute approximate surface area is 102 Å². The van der Waals surface area contributed by atoms with Gasteiger partial charge in [0.1, 0.15) is 0 Å². The highest BCUT2D eigenvalue weighted by atomic mass is 19.1. The van der Waals surface area contributed by atoms with Gasteiger partial charge in [-0.2, -0.15) is 4.39 Å². The quantitative estimate of drug-likeness (QED) is 0.473. The molecule has 0 N–H and O–H groups in total. The van der Waals surface area contributed by atoms with Crippen LogP contribution in [-0.2, 0) is 15.2 Å². The minimum Gasteiger partial charge on any atom is -0.463 e. The summed E-state index contributed by atoms with van der Waals surface area (Å²) in [6.45, 7) is 2.39. The van der Waals surface area contributed by atoms with Gasteiger partial charge in [-0.1, -0.05) is 0 Å². The molecule has 0 aromatic heterocycles. The maximum absolute atomic E-state index is 14.1. The normalized spacial score (nSPS) is 13.8. The standard InChI is InChI=1S/C11H11F2NO4/c1-3-18-10(15)11(2,13)7-4-5-9(14(16)17)8(12)6-7/h4-6H,3H2,1-2H3. The molecule has 0 fully saturated rings. The Bertz CT molecular complexity index is 488. The van der Waals surface area contributed by atoms with E-state index in [0.717, 1.165) is 19.1 Å². The molecule has 1 aromatic rings. The smallest absolute Gasteiger partial charge is 0.348 e. The molecule has 5 nitrogen and oxygen atoms in total. The first-order valence-corrected chi connectivity index (χ1v) is 5.11. The summed E-state index contributed by atoms with van der Waals surface area (Å²) in [5.41, 5.74) is -3.66. The van der Waals surface area contributed by atoms with E-state index in [2.05, 4.69) is 4.74 Å². The molecule has 0 bridgehead atoms. The largest absolute Gasteiger partial charge is 0.463 e. The Morgan fingerprint density at radius 1 is 1.56 bits per heavy atom. The van der Waals surface area contributed by atoms with Gasteiger partial charge in [0.25, 0.3) is 0 Å². The van der Waals surface area contributed by atoms with Crippen LogP contribution in [0.4, 0.5) is 14.5 Å². The second kappa shape index (κ2) is 5.07. The average molecular weight is 259 g/mol. The molecule has 0 aliphatic carbocycles. The number of alkyl halides is 1. The molecule has 0 aliphatic heterocycles. The topological polar surface area (TPSA) is 69.4 Å². The zero-order valence-electron chi connectivity index (χ0n) is 9.78. The fraction of sp³-hybridized carbons (Fsp3) is 0.364. The van der Waals surface area contributed by atoms with Crippen molar-refractivity contribution in [1.82, 2.24) is 0 Å². The molecule has 1 rings (SSSR count). The summed E-state index contributed by atoms with van der Waals surface area (Å²) in [6, 6.07) is 2.41. The Morgan fingerprint density at radius 3 is 2.61 bits per heavy atom. The van der Waals surface area contributed by atoms with E-state index in [0.29, 0.717) is 6.07 Å². The zero-order chi connectivity index (χ0) is 13.9. The lowest BCUT2D eigenvalue weighted by molar-refractivity contribution is -0.387. The molecule has 1 atom stereocenters. The van der Waals surface area contributed by atoms with Crippen LogP contribution in [0.15, 0.2) is 18.2 Å². The van der Waals surface area contributed by atoms with Gasteiger partial charge in [0.15, 0.2) is 0 Å². The lowest BCUT2D eigenvalue weighted by atomic mass is 9.97. The fourth-order valence-corrected chi connectivity index (χ4v) is 1.33. The van der Waals surface area contributed by atoms with Crippen molar-refractivity contribution in [1.29, 1.82) is 0 Å². The molecule has 1 aromatic carbocycles. The van der Waals surface area contributed by atoms with E-state index in [1.165, 1.54) is 6.92 Å². The number of carbonyl (C=O) groups excluding carboxylic acids is 1. The SMILES string of the molecule is CCOC(=O)C(C)(F)c1ccc([N+](=O)[O-])c(F)c1. The molecule has 0 saturated heterocycles. The van der Waals surface area contributed by atoms with E-state index in [1.807, 2.05) is 0 Å². The third-order valence-electron chi connectivity index (χ3n) is 2.35. The Morgan fingerprint density at radius 2 is 2.17 bits per heavy atom. The molecular weight excluding hydrogens is 248 g/mol. The van der Waals surface area contributed by atoms with Gasteiger partial charge >= 0.3 is 11.7 Å². The van der Waals surface area contributed by atoms with Crippen LogP contribution < -0.4 is 0 Å². The van der Waals surface area contributed by atoms with Crippen LogP contribution >= 0.6 is 0 Å². The van der Waals surface area contributed by atoms with Crippen LogP contribution in [-0.4, -0.2) is 17.5 Å². The van der Waals surface area contributed by atoms with E-state index in [-0.39, 0.29) is 12.2 Å². The van der Waals surface area contributed by atoms with Gasteiger partial charge < -0.3 is 4.74 Å². The highest BCUT2D eigenvalue weighted by Gasteiger charge is 2.38. The first-order valence-electron chi connectivity index (χ1n) is 5.11. The van der Waals surface area contributed by atoms with Crippen LogP contribution in [0.5, 0.6) is 0 Å². The van der Waals surface area contributed by atoms with Crippen LogP contribution in [0, 0.1) is 15.9 Å². The molecule has 0 radical (unpaired) electrons. The van der Waals surface area contributed by atoms with Gasteiger partial charge in [-0.15, -0.1) is 0 Å². The summed E-state index contributed by atoms with van der Waals surface area (Å²) in [5.74, 6) is -2.37. The number of nitrogens with zero attached hydrogens (tertiary/aromatic N) is 1. The summed E-state index contributed by atoms with van der Waals surface area (Å²) in [5, 5.41) is 10.4. The Balaban J connectivity index is 3.14. The lowest BCUT2D eigenvalue weighted by Crippen LogP contribution is -2.29. The van der Waals surface area contributed by atoms with Gasteiger partial charge in [-0.05, 0) is 26.0 Å². The van der Waals surface area contributed by atoms with E-state index < -0.39 is 28.1 Å². The number of benzene rings is 1. The first kappa shape index (κ1) is 14.0. The summed E-state index contributed by atoms with van der Waals surface area (Å²) >= 11 is 0. The second-order valence-corrected chi connectivity index (χ2v) is 3.65. The van der Waals surface area contributed by atoms with Crippen LogP contribution in [0.25, 0.3) is 0 Å². The summed E-state index contributed by atoms with van der Waals surface area (Å²) in [4.78, 5) is 20.8. The van der Waals surface area contributed by atoms with Crippen LogP contribution in [0.1, 0.15) is 19.4 Å². The molecule has 1 unspecified atom stereocenters. The van der Waals surface area contributed by atoms with E-state index >= 15 is 0 Å². The predicted octanol–water partition coefficient (Wildman–Crippen LogP) is 2.48. The summed E-state index contributed by atoms with van der Waals surface area (Å²) in [6.07, 6.45) is 0. The Kier molecular flexibility index (Phi) is 3.95. The van der Waals surface area contributed by atoms with Crippen molar-refractivity contribution in [2.75, 3.05) is 6.61 Å². The minimum absolute atomic E-state index is 0.0200. The lowest BCUT2D eigenvalue weighted by Gasteiger charge is -2.18. The molecule has 0 spiro atoms. The number of nitro benzene ring substituents is 1. The van der Waals surface area contributed by atoms with Crippen molar-refractivity contribution in [3.8, 4) is 0 Å². The van der Waals surface area contributed by atoms with Gasteiger partial charge in [0.05, 0.1) is 11.5 Å². The highest BCUT2D eigenvalue weighted by molar-refractivity contribution is 5.80. The van der Waals surface area contributed by atoms with E-state index in [4.69, 9.17) is 0 Å². The molecule has 0 amide bonds. The van der Waals surface area contributed by atoms with Crippen molar-refractivity contribution < 1.29 is 23.2 Å². The number of hydrogen-bond donors (Lipinski definition) is 0. The maximum atomic E-state index is 14.1. The predicted molar refractivity (Wildman–Crippen MR) is 58.1 cm³/mol. The van der Waals surface area contributed by atoms with Gasteiger partial charge in [-0.3, -0.25) is 10.1 Å². The molecule has 0 saturated carbocycles. The molecule has 0 aliphatic rings. The third kappa shape index (κ3) is 2.61. The number of esters is 1. The monoisotopic (exact) mass is 259 g/mol. The number of halogens is 2. The van der Waals surface area contributed by atoms with Gasteiger partial charge in [0.2, 0.25) is 11.5 Å². The number of ether oxygens (including phenoxy) is 1. The van der Waals surface area contributed by atoms with Crippen LogP contribution in [0.2, 0.25) is 0 Å². The number of carbonyl (C=O) groups is 1. The van der Waals surface area contributed by atoms with Gasteiger partial charge in [-0.25, -0.2) is 9.18 Å². The second-order valence-electron chi connectivity index (χ2n) is 3.65. The maximum Gasteiger partial charge on any atom is 0.348 e. The summed E-state index contributed by atoms with van der Waals surface area (Å²) < 4.78 is 31.9.